The number of rotatable bonds is 6. The standard InChI is InChI=1S/C13H14N6OS/c1-19-13(16-17-18-19)21-8-4-7-12(20)15-11-6-3-2-5-10(11)9-14/h2-3,5-6H,4,7-8H2,1H3,(H,15,20). The number of nitrogens with zero attached hydrogens (tertiary/aromatic N) is 5. The van der Waals surface area contributed by atoms with Crippen molar-refractivity contribution in [3.05, 3.63) is 29.8 Å². The van der Waals surface area contributed by atoms with E-state index in [0.29, 0.717) is 24.1 Å². The number of aromatic nitrogens is 4. The molecule has 1 N–H and O–H groups in total. The molecule has 0 saturated heterocycles. The highest BCUT2D eigenvalue weighted by atomic mass is 32.2. The highest BCUT2D eigenvalue weighted by molar-refractivity contribution is 7.99. The van der Waals surface area contributed by atoms with Gasteiger partial charge in [0.25, 0.3) is 0 Å². The van der Waals surface area contributed by atoms with E-state index in [-0.39, 0.29) is 5.91 Å². The smallest absolute Gasteiger partial charge is 0.224 e. The number of carbonyl (C=O) groups is 1. The van der Waals surface area contributed by atoms with Crippen molar-refractivity contribution in [2.45, 2.75) is 18.0 Å². The Balaban J connectivity index is 1.75. The van der Waals surface area contributed by atoms with E-state index in [1.54, 1.807) is 36.0 Å². The van der Waals surface area contributed by atoms with Gasteiger partial charge in [0, 0.05) is 19.2 Å². The molecule has 2 rings (SSSR count). The molecule has 0 aliphatic heterocycles. The predicted octanol–water partition coefficient (Wildman–Crippen LogP) is 1.59. The fourth-order valence-electron chi connectivity index (χ4n) is 1.64. The number of benzene rings is 1. The number of tetrazole rings is 1. The lowest BCUT2D eigenvalue weighted by atomic mass is 10.2. The van der Waals surface area contributed by atoms with Gasteiger partial charge in [0.05, 0.1) is 11.3 Å². The number of thioether (sulfide) groups is 1. The van der Waals surface area contributed by atoms with Crippen molar-refractivity contribution in [3.8, 4) is 6.07 Å². The molecule has 7 nitrogen and oxygen atoms in total. The van der Waals surface area contributed by atoms with Gasteiger partial charge in [-0.05, 0) is 29.0 Å². The molecule has 0 saturated carbocycles. The van der Waals surface area contributed by atoms with Crippen molar-refractivity contribution in [3.63, 3.8) is 0 Å². The lowest BCUT2D eigenvalue weighted by Crippen LogP contribution is -2.12. The molecule has 0 unspecified atom stereocenters. The number of anilines is 1. The molecule has 1 aromatic carbocycles. The zero-order chi connectivity index (χ0) is 15.1. The molecule has 0 atom stereocenters. The van der Waals surface area contributed by atoms with Crippen LogP contribution in [0.2, 0.25) is 0 Å². The van der Waals surface area contributed by atoms with Crippen molar-refractivity contribution >= 4 is 23.4 Å². The van der Waals surface area contributed by atoms with Gasteiger partial charge in [0.1, 0.15) is 6.07 Å². The van der Waals surface area contributed by atoms with Crippen molar-refractivity contribution < 1.29 is 4.79 Å². The third-order valence-corrected chi connectivity index (χ3v) is 3.78. The summed E-state index contributed by atoms with van der Waals surface area (Å²) in [6, 6.07) is 8.99. The summed E-state index contributed by atoms with van der Waals surface area (Å²) in [5, 5.41) is 23.6. The minimum absolute atomic E-state index is 0.102. The molecular formula is C13H14N6OS. The fraction of sp³-hybridized carbons (Fsp3) is 0.308. The Morgan fingerprint density at radius 2 is 2.29 bits per heavy atom. The van der Waals surface area contributed by atoms with E-state index < -0.39 is 0 Å². The Hall–Kier alpha value is -2.40. The molecule has 1 amide bonds. The lowest BCUT2D eigenvalue weighted by molar-refractivity contribution is -0.116. The Kier molecular flexibility index (Phi) is 5.29. The van der Waals surface area contributed by atoms with Crippen LogP contribution in [0.4, 0.5) is 5.69 Å². The number of para-hydroxylation sites is 1. The molecule has 0 radical (unpaired) electrons. The fourth-order valence-corrected chi connectivity index (χ4v) is 2.43. The van der Waals surface area contributed by atoms with E-state index >= 15 is 0 Å². The quantitative estimate of drug-likeness (QED) is 0.643. The normalized spacial score (nSPS) is 10.1. The maximum Gasteiger partial charge on any atom is 0.224 e. The predicted molar refractivity (Wildman–Crippen MR) is 78.5 cm³/mol. The van der Waals surface area contributed by atoms with Crippen LogP contribution in [0, 0.1) is 11.3 Å². The number of hydrogen-bond donors (Lipinski definition) is 1. The summed E-state index contributed by atoms with van der Waals surface area (Å²) in [6.07, 6.45) is 1.09. The zero-order valence-electron chi connectivity index (χ0n) is 11.5. The molecule has 0 aliphatic rings. The number of nitrogens with one attached hydrogen (secondary N) is 1. The first kappa shape index (κ1) is 15.0. The third kappa shape index (κ3) is 4.29. The van der Waals surface area contributed by atoms with Gasteiger partial charge in [0.2, 0.25) is 11.1 Å². The van der Waals surface area contributed by atoms with Crippen molar-refractivity contribution in [2.75, 3.05) is 11.1 Å². The first-order valence-electron chi connectivity index (χ1n) is 6.35. The van der Waals surface area contributed by atoms with Crippen molar-refractivity contribution in [1.82, 2.24) is 20.2 Å². The van der Waals surface area contributed by atoms with Crippen LogP contribution >= 0.6 is 11.8 Å². The molecule has 0 fully saturated rings. The lowest BCUT2D eigenvalue weighted by Gasteiger charge is -2.06. The summed E-state index contributed by atoms with van der Waals surface area (Å²) in [7, 11) is 1.77. The van der Waals surface area contributed by atoms with Crippen LogP contribution in [0.15, 0.2) is 29.4 Å². The summed E-state index contributed by atoms with van der Waals surface area (Å²) in [4.78, 5) is 11.8. The molecule has 1 aromatic heterocycles. The summed E-state index contributed by atoms with van der Waals surface area (Å²) >= 11 is 1.50. The molecule has 1 heterocycles. The minimum atomic E-state index is -0.102. The van der Waals surface area contributed by atoms with Crippen LogP contribution in [-0.2, 0) is 11.8 Å². The van der Waals surface area contributed by atoms with Crippen molar-refractivity contribution in [1.29, 1.82) is 5.26 Å². The Morgan fingerprint density at radius 1 is 1.48 bits per heavy atom. The van der Waals surface area contributed by atoms with Crippen LogP contribution in [0.25, 0.3) is 0 Å². The molecule has 0 aliphatic carbocycles. The average Bonchev–Trinajstić information content (AvgIpc) is 2.89. The van der Waals surface area contributed by atoms with Crippen LogP contribution in [-0.4, -0.2) is 31.9 Å². The molecule has 21 heavy (non-hydrogen) atoms. The maximum absolute atomic E-state index is 11.8. The number of nitriles is 1. The monoisotopic (exact) mass is 302 g/mol. The molecule has 0 bridgehead atoms. The van der Waals surface area contributed by atoms with Crippen molar-refractivity contribution in [2.24, 2.45) is 7.05 Å². The van der Waals surface area contributed by atoms with E-state index in [2.05, 4.69) is 20.8 Å². The van der Waals surface area contributed by atoms with Crippen LogP contribution in [0.5, 0.6) is 0 Å². The maximum atomic E-state index is 11.8. The highest BCUT2D eigenvalue weighted by Crippen LogP contribution is 2.16. The Morgan fingerprint density at radius 3 is 3.00 bits per heavy atom. The summed E-state index contributed by atoms with van der Waals surface area (Å²) in [6.45, 7) is 0. The van der Waals surface area contributed by atoms with Gasteiger partial charge in [-0.15, -0.1) is 5.10 Å². The summed E-state index contributed by atoms with van der Waals surface area (Å²) in [5.74, 6) is 0.649. The van der Waals surface area contributed by atoms with E-state index in [1.807, 2.05) is 6.07 Å². The van der Waals surface area contributed by atoms with E-state index in [9.17, 15) is 4.79 Å². The Labute approximate surface area is 126 Å². The van der Waals surface area contributed by atoms with Gasteiger partial charge >= 0.3 is 0 Å². The first-order chi connectivity index (χ1) is 10.2. The first-order valence-corrected chi connectivity index (χ1v) is 7.33. The second-order valence-electron chi connectivity index (χ2n) is 4.24. The average molecular weight is 302 g/mol. The number of hydrogen-bond acceptors (Lipinski definition) is 6. The van der Waals surface area contributed by atoms with Crippen LogP contribution in [0.1, 0.15) is 18.4 Å². The van der Waals surface area contributed by atoms with Gasteiger partial charge in [0.15, 0.2) is 0 Å². The Bertz CT molecular complexity index is 663. The van der Waals surface area contributed by atoms with Gasteiger partial charge in [-0.3, -0.25) is 4.79 Å². The number of carbonyl (C=O) groups excluding carboxylic acids is 1. The molecule has 2 aromatic rings. The highest BCUT2D eigenvalue weighted by Gasteiger charge is 2.07. The van der Waals surface area contributed by atoms with Crippen LogP contribution in [0.3, 0.4) is 0 Å². The molecule has 8 heteroatoms. The van der Waals surface area contributed by atoms with Gasteiger partial charge < -0.3 is 5.32 Å². The summed E-state index contributed by atoms with van der Waals surface area (Å²) < 4.78 is 1.59. The SMILES string of the molecule is Cn1nnnc1SCCCC(=O)Nc1ccccc1C#N. The van der Waals surface area contributed by atoms with Gasteiger partial charge in [-0.2, -0.15) is 5.26 Å². The number of amides is 1. The third-order valence-electron chi connectivity index (χ3n) is 2.68. The molecular weight excluding hydrogens is 288 g/mol. The summed E-state index contributed by atoms with van der Waals surface area (Å²) in [5.41, 5.74) is 1.01. The second kappa shape index (κ2) is 7.40. The zero-order valence-corrected chi connectivity index (χ0v) is 12.3. The largest absolute Gasteiger partial charge is 0.325 e. The minimum Gasteiger partial charge on any atom is -0.325 e. The van der Waals surface area contributed by atoms with E-state index in [0.717, 1.165) is 10.9 Å². The van der Waals surface area contributed by atoms with Gasteiger partial charge in [-0.1, -0.05) is 23.9 Å². The number of aryl methyl sites for hydroxylation is 1. The van der Waals surface area contributed by atoms with Crippen LogP contribution < -0.4 is 5.32 Å². The van der Waals surface area contributed by atoms with E-state index in [1.165, 1.54) is 11.8 Å². The van der Waals surface area contributed by atoms with E-state index in [4.69, 9.17) is 5.26 Å². The van der Waals surface area contributed by atoms with Gasteiger partial charge in [-0.25, -0.2) is 4.68 Å². The molecule has 0 spiro atoms. The second-order valence-corrected chi connectivity index (χ2v) is 5.30. The topological polar surface area (TPSA) is 96.5 Å². The molecule has 108 valence electrons.